The minimum absolute atomic E-state index is 0.00702. The molecular formula is C15H14BrClN2O. The van der Waals surface area contributed by atoms with Crippen LogP contribution in [0.3, 0.4) is 0 Å². The number of hydrogen-bond donors (Lipinski definition) is 2. The molecule has 0 amide bonds. The van der Waals surface area contributed by atoms with Gasteiger partial charge in [0.15, 0.2) is 0 Å². The van der Waals surface area contributed by atoms with Crippen molar-refractivity contribution in [3.05, 3.63) is 68.7 Å². The number of hydrogen-bond acceptors (Lipinski definition) is 2. The van der Waals surface area contributed by atoms with Crippen LogP contribution in [0.25, 0.3) is 0 Å². The third kappa shape index (κ3) is 3.82. The zero-order chi connectivity index (χ0) is 14.5. The molecule has 2 aromatic carbocycles. The van der Waals surface area contributed by atoms with Gasteiger partial charge in [0.2, 0.25) is 0 Å². The lowest BCUT2D eigenvalue weighted by Gasteiger charge is -2.09. The number of ether oxygens (including phenoxy) is 1. The Kier molecular flexibility index (Phi) is 5.17. The Morgan fingerprint density at radius 2 is 1.85 bits per heavy atom. The quantitative estimate of drug-likeness (QED) is 0.628. The van der Waals surface area contributed by atoms with Crippen molar-refractivity contribution in [1.29, 1.82) is 5.41 Å². The number of halogens is 2. The van der Waals surface area contributed by atoms with Crippen molar-refractivity contribution in [1.82, 2.24) is 0 Å². The molecule has 0 bridgehead atoms. The largest absolute Gasteiger partial charge is 0.384 e. The molecular weight excluding hydrogens is 340 g/mol. The number of nitrogens with two attached hydrogens (primary N) is 1. The summed E-state index contributed by atoms with van der Waals surface area (Å²) in [6.45, 7) is 0.921. The first-order valence-electron chi connectivity index (χ1n) is 6.02. The standard InChI is InChI=1S/C15H14BrClN2O/c16-13-4-2-1-3-11(13)8-20-9-12-6-5-10(15(18)19)7-14(12)17/h1-7H,8-9H2,(H3,18,19). The Balaban J connectivity index is 1.98. The molecule has 0 atom stereocenters. The topological polar surface area (TPSA) is 59.1 Å². The lowest BCUT2D eigenvalue weighted by atomic mass is 10.1. The van der Waals surface area contributed by atoms with Gasteiger partial charge in [-0.05, 0) is 23.3 Å². The predicted octanol–water partition coefficient (Wildman–Crippen LogP) is 4.10. The summed E-state index contributed by atoms with van der Waals surface area (Å²) in [5.41, 5.74) is 7.99. The molecule has 5 heteroatoms. The van der Waals surface area contributed by atoms with Crippen LogP contribution in [-0.2, 0) is 18.0 Å². The van der Waals surface area contributed by atoms with Gasteiger partial charge < -0.3 is 10.5 Å². The molecule has 0 saturated carbocycles. The van der Waals surface area contributed by atoms with Gasteiger partial charge in [-0.3, -0.25) is 5.41 Å². The highest BCUT2D eigenvalue weighted by molar-refractivity contribution is 9.10. The molecule has 2 aromatic rings. The van der Waals surface area contributed by atoms with E-state index in [2.05, 4.69) is 15.9 Å². The average Bonchev–Trinajstić information content (AvgIpc) is 2.42. The monoisotopic (exact) mass is 352 g/mol. The summed E-state index contributed by atoms with van der Waals surface area (Å²) < 4.78 is 6.69. The van der Waals surface area contributed by atoms with Gasteiger partial charge in [0.05, 0.1) is 13.2 Å². The molecule has 3 nitrogen and oxygen atoms in total. The number of rotatable bonds is 5. The molecule has 0 spiro atoms. The fraction of sp³-hybridized carbons (Fsp3) is 0.133. The summed E-state index contributed by atoms with van der Waals surface area (Å²) >= 11 is 9.62. The molecule has 0 aromatic heterocycles. The van der Waals surface area contributed by atoms with Crippen molar-refractivity contribution in [2.45, 2.75) is 13.2 Å². The zero-order valence-electron chi connectivity index (χ0n) is 10.7. The van der Waals surface area contributed by atoms with Crippen molar-refractivity contribution in [3.8, 4) is 0 Å². The molecule has 0 heterocycles. The molecule has 0 aliphatic rings. The highest BCUT2D eigenvalue weighted by atomic mass is 79.9. The van der Waals surface area contributed by atoms with Crippen LogP contribution in [0.2, 0.25) is 5.02 Å². The van der Waals surface area contributed by atoms with Gasteiger partial charge in [-0.2, -0.15) is 0 Å². The van der Waals surface area contributed by atoms with E-state index >= 15 is 0 Å². The Morgan fingerprint density at radius 1 is 1.15 bits per heavy atom. The second kappa shape index (κ2) is 6.88. The Morgan fingerprint density at radius 3 is 2.50 bits per heavy atom. The second-order valence-corrected chi connectivity index (χ2v) is 5.57. The highest BCUT2D eigenvalue weighted by Gasteiger charge is 2.05. The Hall–Kier alpha value is -1.36. The van der Waals surface area contributed by atoms with E-state index in [4.69, 9.17) is 27.5 Å². The molecule has 0 radical (unpaired) electrons. The summed E-state index contributed by atoms with van der Waals surface area (Å²) in [6, 6.07) is 13.2. The fourth-order valence-electron chi connectivity index (χ4n) is 1.72. The van der Waals surface area contributed by atoms with Gasteiger partial charge in [-0.1, -0.05) is 57.9 Å². The lowest BCUT2D eigenvalue weighted by molar-refractivity contribution is 0.107. The maximum Gasteiger partial charge on any atom is 0.122 e. The zero-order valence-corrected chi connectivity index (χ0v) is 13.0. The minimum Gasteiger partial charge on any atom is -0.384 e. The first kappa shape index (κ1) is 15.0. The van der Waals surface area contributed by atoms with Crippen molar-refractivity contribution < 1.29 is 4.74 Å². The number of benzene rings is 2. The van der Waals surface area contributed by atoms with Crippen LogP contribution in [0.1, 0.15) is 16.7 Å². The molecule has 3 N–H and O–H groups in total. The maximum absolute atomic E-state index is 7.36. The molecule has 0 aliphatic heterocycles. The minimum atomic E-state index is 0.00702. The van der Waals surface area contributed by atoms with E-state index in [1.807, 2.05) is 30.3 Å². The molecule has 0 fully saturated rings. The smallest absolute Gasteiger partial charge is 0.122 e. The fourth-order valence-corrected chi connectivity index (χ4v) is 2.35. The third-order valence-electron chi connectivity index (χ3n) is 2.84. The van der Waals surface area contributed by atoms with Crippen molar-refractivity contribution >= 4 is 33.4 Å². The van der Waals surface area contributed by atoms with Gasteiger partial charge in [0.1, 0.15) is 5.84 Å². The van der Waals surface area contributed by atoms with Crippen molar-refractivity contribution in [3.63, 3.8) is 0 Å². The summed E-state index contributed by atoms with van der Waals surface area (Å²) in [6.07, 6.45) is 0. The van der Waals surface area contributed by atoms with E-state index in [9.17, 15) is 0 Å². The summed E-state index contributed by atoms with van der Waals surface area (Å²) in [7, 11) is 0. The van der Waals surface area contributed by atoms with Crippen molar-refractivity contribution in [2.75, 3.05) is 0 Å². The van der Waals surface area contributed by atoms with Crippen LogP contribution in [-0.4, -0.2) is 5.84 Å². The summed E-state index contributed by atoms with van der Waals surface area (Å²) in [5.74, 6) is 0.00702. The van der Waals surface area contributed by atoms with Crippen molar-refractivity contribution in [2.24, 2.45) is 5.73 Å². The van der Waals surface area contributed by atoms with E-state index in [0.29, 0.717) is 23.8 Å². The predicted molar refractivity (Wildman–Crippen MR) is 85.1 cm³/mol. The number of nitrogen functional groups attached to an aromatic ring is 1. The van der Waals surface area contributed by atoms with E-state index in [-0.39, 0.29) is 5.84 Å². The maximum atomic E-state index is 7.36. The molecule has 0 saturated heterocycles. The van der Waals surface area contributed by atoms with Gasteiger partial charge >= 0.3 is 0 Å². The first-order valence-corrected chi connectivity index (χ1v) is 7.19. The summed E-state index contributed by atoms with van der Waals surface area (Å²) in [4.78, 5) is 0. The molecule has 104 valence electrons. The SMILES string of the molecule is N=C(N)c1ccc(COCc2ccccc2Br)c(Cl)c1. The van der Waals surface area contributed by atoms with E-state index in [0.717, 1.165) is 15.6 Å². The third-order valence-corrected chi connectivity index (χ3v) is 3.96. The van der Waals surface area contributed by atoms with Crippen LogP contribution in [0.4, 0.5) is 0 Å². The van der Waals surface area contributed by atoms with Crippen LogP contribution < -0.4 is 5.73 Å². The Bertz CT molecular complexity index is 631. The molecule has 2 rings (SSSR count). The van der Waals surface area contributed by atoms with Gasteiger partial charge in [-0.15, -0.1) is 0 Å². The average molecular weight is 354 g/mol. The summed E-state index contributed by atoms with van der Waals surface area (Å²) in [5, 5.41) is 7.92. The molecule has 0 aliphatic carbocycles. The Labute approximate surface area is 131 Å². The first-order chi connectivity index (χ1) is 9.58. The normalized spacial score (nSPS) is 10.5. The second-order valence-electron chi connectivity index (χ2n) is 4.30. The van der Waals surface area contributed by atoms with Crippen LogP contribution in [0.5, 0.6) is 0 Å². The van der Waals surface area contributed by atoms with E-state index in [1.54, 1.807) is 12.1 Å². The lowest BCUT2D eigenvalue weighted by Crippen LogP contribution is -2.11. The molecule has 20 heavy (non-hydrogen) atoms. The van der Waals surface area contributed by atoms with Crippen LogP contribution in [0.15, 0.2) is 46.9 Å². The number of nitrogens with one attached hydrogen (secondary N) is 1. The van der Waals surface area contributed by atoms with Crippen LogP contribution in [0, 0.1) is 5.41 Å². The van der Waals surface area contributed by atoms with E-state index in [1.165, 1.54) is 0 Å². The van der Waals surface area contributed by atoms with E-state index < -0.39 is 0 Å². The van der Waals surface area contributed by atoms with Crippen LogP contribution >= 0.6 is 27.5 Å². The van der Waals surface area contributed by atoms with Gasteiger partial charge in [-0.25, -0.2) is 0 Å². The molecule has 0 unspecified atom stereocenters. The van der Waals surface area contributed by atoms with Gasteiger partial charge in [0, 0.05) is 15.1 Å². The highest BCUT2D eigenvalue weighted by Crippen LogP contribution is 2.21. The van der Waals surface area contributed by atoms with Gasteiger partial charge in [0.25, 0.3) is 0 Å². The number of amidine groups is 1.